The minimum absolute atomic E-state index is 0.456. The molecular weight excluding hydrogens is 122 g/mol. The average Bonchev–Trinajstić information content (AvgIpc) is 2.18. The third kappa shape index (κ3) is 0.531. The van der Waals surface area contributed by atoms with Crippen LogP contribution in [0.15, 0.2) is 0 Å². The van der Waals surface area contributed by atoms with Gasteiger partial charge in [0.1, 0.15) is 0 Å². The van der Waals surface area contributed by atoms with Crippen LogP contribution < -0.4 is 5.32 Å². The van der Waals surface area contributed by atoms with Crippen molar-refractivity contribution in [2.45, 2.75) is 39.2 Å². The van der Waals surface area contributed by atoms with Crippen LogP contribution in [-0.2, 0) is 0 Å². The van der Waals surface area contributed by atoms with Crippen LogP contribution in [-0.4, -0.2) is 12.1 Å². The molecule has 0 unspecified atom stereocenters. The van der Waals surface area contributed by atoms with Gasteiger partial charge in [-0.3, -0.25) is 0 Å². The van der Waals surface area contributed by atoms with Crippen molar-refractivity contribution < 1.29 is 0 Å². The first-order chi connectivity index (χ1) is 4.56. The lowest BCUT2D eigenvalue weighted by Gasteiger charge is -2.34. The summed E-state index contributed by atoms with van der Waals surface area (Å²) in [6, 6.07) is 0. The van der Waals surface area contributed by atoms with Crippen molar-refractivity contribution >= 4 is 0 Å². The molecular formula is C9H17N. The van der Waals surface area contributed by atoms with E-state index < -0.39 is 0 Å². The van der Waals surface area contributed by atoms with Gasteiger partial charge in [0.05, 0.1) is 0 Å². The second kappa shape index (κ2) is 1.58. The third-order valence-electron chi connectivity index (χ3n) is 4.17. The van der Waals surface area contributed by atoms with E-state index >= 15 is 0 Å². The van der Waals surface area contributed by atoms with E-state index in [2.05, 4.69) is 26.1 Å². The summed E-state index contributed by atoms with van der Waals surface area (Å²) in [4.78, 5) is 0. The van der Waals surface area contributed by atoms with E-state index in [1.54, 1.807) is 0 Å². The summed E-state index contributed by atoms with van der Waals surface area (Å²) < 4.78 is 0. The van der Waals surface area contributed by atoms with Crippen LogP contribution in [0.25, 0.3) is 0 Å². The SMILES string of the molecule is CC1(C)[C@H]2CC[C@]1(C)NC2. The second-order valence-corrected chi connectivity index (χ2v) is 4.67. The van der Waals surface area contributed by atoms with Crippen molar-refractivity contribution in [1.29, 1.82) is 0 Å². The summed E-state index contributed by atoms with van der Waals surface area (Å²) >= 11 is 0. The largest absolute Gasteiger partial charge is 0.311 e. The Morgan fingerprint density at radius 1 is 1.30 bits per heavy atom. The smallest absolute Gasteiger partial charge is 0.0207 e. The van der Waals surface area contributed by atoms with E-state index in [9.17, 15) is 0 Å². The van der Waals surface area contributed by atoms with Crippen molar-refractivity contribution in [2.75, 3.05) is 6.54 Å². The number of hydrogen-bond acceptors (Lipinski definition) is 1. The quantitative estimate of drug-likeness (QED) is 0.539. The highest BCUT2D eigenvalue weighted by Crippen LogP contribution is 2.53. The lowest BCUT2D eigenvalue weighted by molar-refractivity contribution is 0.218. The van der Waals surface area contributed by atoms with Gasteiger partial charge in [-0.25, -0.2) is 0 Å². The first-order valence-corrected chi connectivity index (χ1v) is 4.31. The van der Waals surface area contributed by atoms with Gasteiger partial charge in [-0.05, 0) is 37.6 Å². The molecule has 1 N–H and O–H groups in total. The first-order valence-electron chi connectivity index (χ1n) is 4.31. The zero-order chi connectivity index (χ0) is 7.41. The number of piperidine rings is 1. The average molecular weight is 139 g/mol. The monoisotopic (exact) mass is 139 g/mol. The maximum absolute atomic E-state index is 3.62. The van der Waals surface area contributed by atoms with Crippen LogP contribution in [0.3, 0.4) is 0 Å². The topological polar surface area (TPSA) is 12.0 Å². The summed E-state index contributed by atoms with van der Waals surface area (Å²) in [6.45, 7) is 8.44. The van der Waals surface area contributed by atoms with E-state index in [1.165, 1.54) is 19.4 Å². The van der Waals surface area contributed by atoms with E-state index in [1.807, 2.05) is 0 Å². The second-order valence-electron chi connectivity index (χ2n) is 4.67. The predicted octanol–water partition coefficient (Wildman–Crippen LogP) is 1.78. The highest BCUT2D eigenvalue weighted by atomic mass is 15.1. The maximum atomic E-state index is 3.62. The van der Waals surface area contributed by atoms with Crippen LogP contribution in [0.5, 0.6) is 0 Å². The summed E-state index contributed by atoms with van der Waals surface area (Å²) in [5, 5.41) is 3.62. The third-order valence-corrected chi connectivity index (χ3v) is 4.17. The molecule has 0 aromatic carbocycles. The summed E-state index contributed by atoms with van der Waals surface area (Å²) in [6.07, 6.45) is 2.82. The fourth-order valence-corrected chi connectivity index (χ4v) is 2.62. The first kappa shape index (κ1) is 6.66. The zero-order valence-corrected chi connectivity index (χ0v) is 7.20. The fraction of sp³-hybridized carbons (Fsp3) is 1.00. The Hall–Kier alpha value is -0.0400. The van der Waals surface area contributed by atoms with E-state index in [4.69, 9.17) is 0 Å². The molecule has 58 valence electrons. The van der Waals surface area contributed by atoms with Crippen molar-refractivity contribution in [1.82, 2.24) is 5.32 Å². The Morgan fingerprint density at radius 2 is 2.00 bits per heavy atom. The van der Waals surface area contributed by atoms with Crippen LogP contribution >= 0.6 is 0 Å². The highest BCUT2D eigenvalue weighted by Gasteiger charge is 2.55. The summed E-state index contributed by atoms with van der Waals surface area (Å²) in [7, 11) is 0. The Bertz CT molecular complexity index is 149. The molecule has 2 aliphatic rings. The molecule has 1 heteroatoms. The molecule has 1 saturated heterocycles. The van der Waals surface area contributed by atoms with Crippen LogP contribution in [0.1, 0.15) is 33.6 Å². The Balaban J connectivity index is 2.37. The van der Waals surface area contributed by atoms with Gasteiger partial charge in [0.25, 0.3) is 0 Å². The van der Waals surface area contributed by atoms with Gasteiger partial charge in [-0.2, -0.15) is 0 Å². The van der Waals surface area contributed by atoms with Crippen molar-refractivity contribution in [3.05, 3.63) is 0 Å². The van der Waals surface area contributed by atoms with E-state index in [-0.39, 0.29) is 0 Å². The Labute approximate surface area is 63.2 Å². The summed E-state index contributed by atoms with van der Waals surface area (Å²) in [5.74, 6) is 0.942. The molecule has 2 fully saturated rings. The molecule has 1 heterocycles. The van der Waals surface area contributed by atoms with Gasteiger partial charge in [0, 0.05) is 5.54 Å². The molecule has 1 aliphatic carbocycles. The van der Waals surface area contributed by atoms with Crippen LogP contribution in [0.4, 0.5) is 0 Å². The molecule has 2 bridgehead atoms. The standard InChI is InChI=1S/C9H17N/c1-8(2)7-4-5-9(8,3)10-6-7/h7,10H,4-6H2,1-3H3/t7-,9-/m0/s1. The number of rotatable bonds is 0. The van der Waals surface area contributed by atoms with Crippen molar-refractivity contribution in [2.24, 2.45) is 11.3 Å². The molecule has 0 aromatic heterocycles. The lowest BCUT2D eigenvalue weighted by atomic mass is 9.75. The number of hydrogen-bond donors (Lipinski definition) is 1. The van der Waals surface area contributed by atoms with Crippen molar-refractivity contribution in [3.63, 3.8) is 0 Å². The minimum Gasteiger partial charge on any atom is -0.311 e. The predicted molar refractivity (Wildman–Crippen MR) is 42.9 cm³/mol. The van der Waals surface area contributed by atoms with Gasteiger partial charge in [-0.15, -0.1) is 0 Å². The van der Waals surface area contributed by atoms with Crippen LogP contribution in [0, 0.1) is 11.3 Å². The molecule has 1 aliphatic heterocycles. The normalized spacial score (nSPS) is 50.1. The molecule has 2 rings (SSSR count). The highest BCUT2D eigenvalue weighted by molar-refractivity contribution is 5.11. The van der Waals surface area contributed by atoms with Crippen LogP contribution in [0.2, 0.25) is 0 Å². The van der Waals surface area contributed by atoms with Gasteiger partial charge >= 0.3 is 0 Å². The molecule has 0 radical (unpaired) electrons. The van der Waals surface area contributed by atoms with Gasteiger partial charge in [-0.1, -0.05) is 13.8 Å². The zero-order valence-electron chi connectivity index (χ0n) is 7.20. The molecule has 2 atom stereocenters. The van der Waals surface area contributed by atoms with E-state index in [0.29, 0.717) is 11.0 Å². The number of fused-ring (bicyclic) bond motifs is 2. The van der Waals surface area contributed by atoms with Gasteiger partial charge < -0.3 is 5.32 Å². The van der Waals surface area contributed by atoms with Gasteiger partial charge in [0.2, 0.25) is 0 Å². The molecule has 0 spiro atoms. The fourth-order valence-electron chi connectivity index (χ4n) is 2.62. The van der Waals surface area contributed by atoms with E-state index in [0.717, 1.165) is 5.92 Å². The Kier molecular flexibility index (Phi) is 1.05. The van der Waals surface area contributed by atoms with Crippen molar-refractivity contribution in [3.8, 4) is 0 Å². The van der Waals surface area contributed by atoms with Gasteiger partial charge in [0.15, 0.2) is 0 Å². The molecule has 0 aromatic rings. The summed E-state index contributed by atoms with van der Waals surface area (Å²) in [5.41, 5.74) is 1.00. The minimum atomic E-state index is 0.456. The maximum Gasteiger partial charge on any atom is 0.0207 e. The Morgan fingerprint density at radius 3 is 2.10 bits per heavy atom. The molecule has 1 nitrogen and oxygen atoms in total. The lowest BCUT2D eigenvalue weighted by Crippen LogP contribution is -2.44. The molecule has 1 saturated carbocycles. The number of nitrogens with one attached hydrogen (secondary N) is 1. The molecule has 0 amide bonds. The molecule has 10 heavy (non-hydrogen) atoms.